The van der Waals surface area contributed by atoms with E-state index in [2.05, 4.69) is 36.3 Å². The van der Waals surface area contributed by atoms with Gasteiger partial charge in [-0.15, -0.1) is 0 Å². The molecule has 0 spiro atoms. The van der Waals surface area contributed by atoms with E-state index in [0.29, 0.717) is 6.54 Å². The fraction of sp³-hybridized carbons (Fsp3) is 0.500. The van der Waals surface area contributed by atoms with Gasteiger partial charge in [-0.05, 0) is 22.4 Å². The molecule has 0 bridgehead atoms. The largest absolute Gasteiger partial charge is 0.359 e. The number of aryl methyl sites for hydroxylation is 1. The number of hydrogen-bond acceptors (Lipinski definition) is 5. The Morgan fingerprint density at radius 3 is 2.95 bits per heavy atom. The maximum Gasteiger partial charge on any atom is 0.216 e. The molecule has 2 rings (SSSR count). The Kier molecular flexibility index (Phi) is 4.53. The first-order valence-electron chi connectivity index (χ1n) is 6.29. The van der Waals surface area contributed by atoms with Gasteiger partial charge in [0.1, 0.15) is 16.7 Å². The number of anilines is 1. The summed E-state index contributed by atoms with van der Waals surface area (Å²) in [6.07, 6.45) is 2.38. The van der Waals surface area contributed by atoms with E-state index in [1.54, 1.807) is 4.68 Å². The maximum atomic E-state index is 10.8. The Labute approximate surface area is 125 Å². The van der Waals surface area contributed by atoms with Crippen LogP contribution in [0.15, 0.2) is 10.9 Å². The smallest absolute Gasteiger partial charge is 0.216 e. The number of nitrogens with zero attached hydrogens (tertiary/aromatic N) is 5. The van der Waals surface area contributed by atoms with Crippen LogP contribution in [0.3, 0.4) is 0 Å². The van der Waals surface area contributed by atoms with Crippen molar-refractivity contribution in [1.82, 2.24) is 25.1 Å². The van der Waals surface area contributed by atoms with Gasteiger partial charge < -0.3 is 10.2 Å². The van der Waals surface area contributed by atoms with Gasteiger partial charge in [0, 0.05) is 34.1 Å². The molecule has 2 heterocycles. The molecule has 7 nitrogen and oxygen atoms in total. The monoisotopic (exact) mass is 340 g/mol. The average molecular weight is 341 g/mol. The summed E-state index contributed by atoms with van der Waals surface area (Å²) < 4.78 is 2.45. The van der Waals surface area contributed by atoms with Crippen LogP contribution in [0.5, 0.6) is 0 Å². The number of aromatic nitrogens is 4. The molecule has 20 heavy (non-hydrogen) atoms. The van der Waals surface area contributed by atoms with E-state index in [9.17, 15) is 4.79 Å². The average Bonchev–Trinajstić information content (AvgIpc) is 2.70. The summed E-state index contributed by atoms with van der Waals surface area (Å²) in [5, 5.41) is 7.98. The summed E-state index contributed by atoms with van der Waals surface area (Å²) in [5.41, 5.74) is 0.788. The Bertz CT molecular complexity index is 626. The normalized spacial score (nSPS) is 10.8. The lowest BCUT2D eigenvalue weighted by atomic mass is 10.3. The van der Waals surface area contributed by atoms with Crippen molar-refractivity contribution >= 4 is 38.7 Å². The number of fused-ring (bicyclic) bond motifs is 1. The lowest BCUT2D eigenvalue weighted by Crippen LogP contribution is -2.26. The summed E-state index contributed by atoms with van der Waals surface area (Å²) in [6, 6.07) is 0. The molecule has 0 aliphatic heterocycles. The van der Waals surface area contributed by atoms with E-state index in [1.807, 2.05) is 19.0 Å². The summed E-state index contributed by atoms with van der Waals surface area (Å²) >= 11 is 3.44. The highest BCUT2D eigenvalue weighted by atomic mass is 79.9. The predicted octanol–water partition coefficient (Wildman–Crippen LogP) is 1.09. The maximum absolute atomic E-state index is 10.8. The van der Waals surface area contributed by atoms with Crippen LogP contribution in [-0.4, -0.2) is 45.8 Å². The van der Waals surface area contributed by atoms with Crippen LogP contribution in [0.4, 0.5) is 5.82 Å². The topological polar surface area (TPSA) is 75.9 Å². The molecule has 108 valence electrons. The van der Waals surface area contributed by atoms with E-state index in [1.165, 1.54) is 13.3 Å². The summed E-state index contributed by atoms with van der Waals surface area (Å²) in [6.45, 7) is 2.96. The second kappa shape index (κ2) is 6.17. The molecular formula is C12H17BrN6O. The Morgan fingerprint density at radius 1 is 1.50 bits per heavy atom. The molecule has 2 aromatic heterocycles. The minimum atomic E-state index is -0.00733. The highest BCUT2D eigenvalue weighted by molar-refractivity contribution is 9.10. The molecule has 1 amide bonds. The van der Waals surface area contributed by atoms with Gasteiger partial charge in [0.2, 0.25) is 5.91 Å². The Morgan fingerprint density at radius 2 is 2.25 bits per heavy atom. The van der Waals surface area contributed by atoms with Crippen molar-refractivity contribution in [1.29, 1.82) is 0 Å². The SMILES string of the molecule is CC(=O)NCCCN(C)c1ncnc2c1c(Br)nn2C. The third kappa shape index (κ3) is 3.06. The molecule has 0 atom stereocenters. The van der Waals surface area contributed by atoms with Crippen molar-refractivity contribution in [2.24, 2.45) is 7.05 Å². The fourth-order valence-corrected chi connectivity index (χ4v) is 2.59. The molecule has 0 saturated heterocycles. The first kappa shape index (κ1) is 14.7. The van der Waals surface area contributed by atoms with Crippen molar-refractivity contribution in [2.45, 2.75) is 13.3 Å². The quantitative estimate of drug-likeness (QED) is 0.824. The van der Waals surface area contributed by atoms with E-state index < -0.39 is 0 Å². The molecule has 0 aliphatic rings. The van der Waals surface area contributed by atoms with E-state index >= 15 is 0 Å². The molecule has 0 radical (unpaired) electrons. The molecule has 0 unspecified atom stereocenters. The van der Waals surface area contributed by atoms with E-state index in [4.69, 9.17) is 0 Å². The van der Waals surface area contributed by atoms with Gasteiger partial charge in [0.25, 0.3) is 0 Å². The second-order valence-electron chi connectivity index (χ2n) is 4.57. The molecule has 0 fully saturated rings. The zero-order chi connectivity index (χ0) is 14.7. The number of rotatable bonds is 5. The molecule has 0 saturated carbocycles. The van der Waals surface area contributed by atoms with Crippen molar-refractivity contribution in [3.8, 4) is 0 Å². The number of halogens is 1. The highest BCUT2D eigenvalue weighted by Gasteiger charge is 2.15. The van der Waals surface area contributed by atoms with Gasteiger partial charge in [-0.2, -0.15) is 5.10 Å². The van der Waals surface area contributed by atoms with Gasteiger partial charge >= 0.3 is 0 Å². The molecule has 8 heteroatoms. The molecular weight excluding hydrogens is 324 g/mol. The Balaban J connectivity index is 2.14. The zero-order valence-corrected chi connectivity index (χ0v) is 13.3. The van der Waals surface area contributed by atoms with Crippen LogP contribution < -0.4 is 10.2 Å². The summed E-state index contributed by atoms with van der Waals surface area (Å²) in [4.78, 5) is 21.4. The van der Waals surface area contributed by atoms with Gasteiger partial charge in [-0.3, -0.25) is 4.79 Å². The minimum absolute atomic E-state index is 0.00733. The van der Waals surface area contributed by atoms with E-state index in [-0.39, 0.29) is 5.91 Å². The van der Waals surface area contributed by atoms with Gasteiger partial charge in [0.15, 0.2) is 5.65 Å². The van der Waals surface area contributed by atoms with Crippen molar-refractivity contribution < 1.29 is 4.79 Å². The minimum Gasteiger partial charge on any atom is -0.359 e. The van der Waals surface area contributed by atoms with Crippen LogP contribution in [0.2, 0.25) is 0 Å². The van der Waals surface area contributed by atoms with Crippen molar-refractivity contribution in [3.63, 3.8) is 0 Å². The molecule has 1 N–H and O–H groups in total. The molecule has 0 aromatic carbocycles. The summed E-state index contributed by atoms with van der Waals surface area (Å²) in [5.74, 6) is 0.824. The van der Waals surface area contributed by atoms with Crippen molar-refractivity contribution in [2.75, 3.05) is 25.0 Å². The first-order chi connectivity index (χ1) is 9.50. The standard InChI is InChI=1S/C12H17BrN6O/c1-8(20)14-5-4-6-18(2)11-9-10(13)17-19(3)12(9)16-7-15-11/h7H,4-6H2,1-3H3,(H,14,20). The van der Waals surface area contributed by atoms with Crippen LogP contribution >= 0.6 is 15.9 Å². The van der Waals surface area contributed by atoms with Crippen LogP contribution in [-0.2, 0) is 11.8 Å². The first-order valence-corrected chi connectivity index (χ1v) is 7.08. The molecule has 0 aliphatic carbocycles. The highest BCUT2D eigenvalue weighted by Crippen LogP contribution is 2.28. The van der Waals surface area contributed by atoms with Crippen LogP contribution in [0.1, 0.15) is 13.3 Å². The fourth-order valence-electron chi connectivity index (χ4n) is 2.00. The second-order valence-corrected chi connectivity index (χ2v) is 5.32. The van der Waals surface area contributed by atoms with E-state index in [0.717, 1.165) is 34.4 Å². The lowest BCUT2D eigenvalue weighted by Gasteiger charge is -2.18. The third-order valence-corrected chi connectivity index (χ3v) is 3.52. The lowest BCUT2D eigenvalue weighted by molar-refractivity contribution is -0.118. The molecule has 2 aromatic rings. The van der Waals surface area contributed by atoms with Crippen LogP contribution in [0.25, 0.3) is 11.0 Å². The van der Waals surface area contributed by atoms with Crippen molar-refractivity contribution in [3.05, 3.63) is 10.9 Å². The number of amides is 1. The number of nitrogens with one attached hydrogen (secondary N) is 1. The predicted molar refractivity (Wildman–Crippen MR) is 80.6 cm³/mol. The number of hydrogen-bond donors (Lipinski definition) is 1. The number of carbonyl (C=O) groups excluding carboxylic acids is 1. The van der Waals surface area contributed by atoms with Crippen LogP contribution in [0, 0.1) is 0 Å². The summed E-state index contributed by atoms with van der Waals surface area (Å²) in [7, 11) is 3.82. The zero-order valence-electron chi connectivity index (χ0n) is 11.7. The van der Waals surface area contributed by atoms with Gasteiger partial charge in [-0.1, -0.05) is 0 Å². The third-order valence-electron chi connectivity index (χ3n) is 2.96. The van der Waals surface area contributed by atoms with Gasteiger partial charge in [0.05, 0.1) is 5.39 Å². The Hall–Kier alpha value is -1.70. The number of carbonyl (C=O) groups is 1. The van der Waals surface area contributed by atoms with Gasteiger partial charge in [-0.25, -0.2) is 14.6 Å².